The van der Waals surface area contributed by atoms with Gasteiger partial charge in [0.2, 0.25) is 0 Å². The molecule has 1 unspecified atom stereocenters. The number of nitrogen functional groups attached to an aromatic ring is 1. The van der Waals surface area contributed by atoms with E-state index in [1.807, 2.05) is 6.33 Å². The Labute approximate surface area is 195 Å². The Hall–Kier alpha value is -3.53. The van der Waals surface area contributed by atoms with Gasteiger partial charge in [0.1, 0.15) is 0 Å². The third-order valence-electron chi connectivity index (χ3n) is 7.24. The van der Waals surface area contributed by atoms with Crippen LogP contribution in [0.25, 0.3) is 27.9 Å². The van der Waals surface area contributed by atoms with Gasteiger partial charge in [0.25, 0.3) is 0 Å². The van der Waals surface area contributed by atoms with Gasteiger partial charge in [-0.3, -0.25) is 0 Å². The van der Waals surface area contributed by atoms with Gasteiger partial charge in [0, 0.05) is 12.2 Å². The maximum absolute atomic E-state index is 6.58. The number of allylic oxidation sites excluding steroid dienone is 3. The minimum absolute atomic E-state index is 0.299. The summed E-state index contributed by atoms with van der Waals surface area (Å²) in [6.45, 7) is 3.12. The van der Waals surface area contributed by atoms with Gasteiger partial charge in [0.15, 0.2) is 0 Å². The zero-order valence-electron chi connectivity index (χ0n) is 19.2. The molecule has 1 atom stereocenters. The van der Waals surface area contributed by atoms with E-state index >= 15 is 0 Å². The Morgan fingerprint density at radius 2 is 1.94 bits per heavy atom. The van der Waals surface area contributed by atoms with Crippen molar-refractivity contribution in [3.63, 3.8) is 0 Å². The Morgan fingerprint density at radius 1 is 1.09 bits per heavy atom. The zero-order chi connectivity index (χ0) is 22.4. The van der Waals surface area contributed by atoms with E-state index in [1.165, 1.54) is 33.1 Å². The number of aromatic nitrogens is 2. The number of anilines is 2. The molecule has 0 amide bonds. The first kappa shape index (κ1) is 20.1. The predicted octanol–water partition coefficient (Wildman–Crippen LogP) is 6.87. The zero-order valence-corrected chi connectivity index (χ0v) is 19.2. The first-order chi connectivity index (χ1) is 16.2. The lowest BCUT2D eigenvalue weighted by Gasteiger charge is -2.33. The molecular formula is C29H30N4. The second-order valence-electron chi connectivity index (χ2n) is 9.25. The number of nitrogens with two attached hydrogens (primary N) is 1. The molecule has 0 aliphatic heterocycles. The van der Waals surface area contributed by atoms with Crippen LogP contribution in [-0.2, 0) is 6.42 Å². The molecule has 1 heterocycles. The molecule has 6 rings (SSSR count). The maximum atomic E-state index is 6.58. The molecule has 1 aromatic heterocycles. The number of aryl methyl sites for hydroxylation is 1. The van der Waals surface area contributed by atoms with Crippen LogP contribution in [0.4, 0.5) is 11.4 Å². The summed E-state index contributed by atoms with van der Waals surface area (Å²) in [5.41, 5.74) is 14.9. The summed E-state index contributed by atoms with van der Waals surface area (Å²) < 4.78 is 2.35. The lowest BCUT2D eigenvalue weighted by Crippen LogP contribution is -2.26. The second kappa shape index (κ2) is 8.11. The monoisotopic (exact) mass is 434 g/mol. The Kier molecular flexibility index (Phi) is 4.94. The molecule has 0 fully saturated rings. The van der Waals surface area contributed by atoms with Crippen LogP contribution in [0.15, 0.2) is 72.7 Å². The molecule has 33 heavy (non-hydrogen) atoms. The number of rotatable bonds is 4. The number of hydrogen-bond donors (Lipinski definition) is 1. The van der Waals surface area contributed by atoms with Crippen molar-refractivity contribution < 1.29 is 0 Å². The van der Waals surface area contributed by atoms with Gasteiger partial charge in [-0.05, 0) is 91.3 Å². The molecular weight excluding hydrogens is 404 g/mol. The highest BCUT2D eigenvalue weighted by molar-refractivity contribution is 5.95. The average molecular weight is 435 g/mol. The van der Waals surface area contributed by atoms with Crippen LogP contribution in [-0.4, -0.2) is 16.1 Å². The normalized spacial score (nSPS) is 17.8. The summed E-state index contributed by atoms with van der Waals surface area (Å²) in [7, 11) is 0. The SMILES string of the molecule is CCN(C1=CC(n2cnc3cc4ccccc4cc32)CCC1)c1cc2c(cc1N)CCC=C2. The molecule has 0 spiro atoms. The van der Waals surface area contributed by atoms with Gasteiger partial charge in [-0.15, -0.1) is 0 Å². The number of hydrogen-bond acceptors (Lipinski definition) is 3. The molecule has 2 aliphatic rings. The van der Waals surface area contributed by atoms with Gasteiger partial charge in [-0.2, -0.15) is 0 Å². The van der Waals surface area contributed by atoms with Crippen LogP contribution in [0.1, 0.15) is 49.8 Å². The molecule has 4 heteroatoms. The van der Waals surface area contributed by atoms with Gasteiger partial charge < -0.3 is 15.2 Å². The average Bonchev–Trinajstić information content (AvgIpc) is 3.26. The lowest BCUT2D eigenvalue weighted by molar-refractivity contribution is 0.510. The molecule has 166 valence electrons. The summed E-state index contributed by atoms with van der Waals surface area (Å²) in [5.74, 6) is 0. The minimum Gasteiger partial charge on any atom is -0.397 e. The standard InChI is InChI=1S/C29H30N4/c1-2-32(28-16-22-10-5-3-8-20(22)14-26(28)30)24-12-7-13-25(18-24)33-19-31-27-15-21-9-4-6-11-23(21)17-29(27)33/h4-6,9-11,14-19,25H,2-3,7-8,12-13,30H2,1H3. The third kappa shape index (κ3) is 3.50. The molecule has 4 nitrogen and oxygen atoms in total. The van der Waals surface area contributed by atoms with Crippen LogP contribution in [0.2, 0.25) is 0 Å². The molecule has 0 saturated carbocycles. The van der Waals surface area contributed by atoms with Crippen molar-refractivity contribution in [1.29, 1.82) is 0 Å². The molecule has 0 saturated heterocycles. The van der Waals surface area contributed by atoms with E-state index in [1.54, 1.807) is 0 Å². The topological polar surface area (TPSA) is 47.1 Å². The van der Waals surface area contributed by atoms with Crippen molar-refractivity contribution in [1.82, 2.24) is 9.55 Å². The lowest BCUT2D eigenvalue weighted by atomic mass is 9.94. The number of benzene rings is 3. The quantitative estimate of drug-likeness (QED) is 0.357. The molecule has 2 N–H and O–H groups in total. The van der Waals surface area contributed by atoms with E-state index < -0.39 is 0 Å². The van der Waals surface area contributed by atoms with Crippen molar-refractivity contribution in [2.45, 2.75) is 45.1 Å². The van der Waals surface area contributed by atoms with Gasteiger partial charge >= 0.3 is 0 Å². The highest BCUT2D eigenvalue weighted by Gasteiger charge is 2.23. The van der Waals surface area contributed by atoms with E-state index in [4.69, 9.17) is 10.7 Å². The first-order valence-corrected chi connectivity index (χ1v) is 12.1. The molecule has 4 aromatic rings. The predicted molar refractivity (Wildman–Crippen MR) is 139 cm³/mol. The van der Waals surface area contributed by atoms with E-state index in [0.29, 0.717) is 6.04 Å². The summed E-state index contributed by atoms with van der Waals surface area (Å²) in [6, 6.07) is 17.8. The number of nitrogens with zero attached hydrogens (tertiary/aromatic N) is 3. The largest absolute Gasteiger partial charge is 0.397 e. The maximum Gasteiger partial charge on any atom is 0.0963 e. The molecule has 2 aliphatic carbocycles. The Bertz CT molecular complexity index is 1410. The summed E-state index contributed by atoms with van der Waals surface area (Å²) in [6.07, 6.45) is 14.5. The van der Waals surface area contributed by atoms with E-state index in [0.717, 1.165) is 55.5 Å². The van der Waals surface area contributed by atoms with Gasteiger partial charge in [-0.1, -0.05) is 36.4 Å². The van der Waals surface area contributed by atoms with Crippen molar-refractivity contribution >= 4 is 39.3 Å². The van der Waals surface area contributed by atoms with Crippen LogP contribution in [0.5, 0.6) is 0 Å². The Morgan fingerprint density at radius 3 is 2.79 bits per heavy atom. The fraction of sp³-hybridized carbons (Fsp3) is 0.276. The molecule has 3 aromatic carbocycles. The van der Waals surface area contributed by atoms with Gasteiger partial charge in [-0.25, -0.2) is 4.98 Å². The first-order valence-electron chi connectivity index (χ1n) is 12.1. The van der Waals surface area contributed by atoms with Crippen LogP contribution >= 0.6 is 0 Å². The van der Waals surface area contributed by atoms with Crippen molar-refractivity contribution in [2.75, 3.05) is 17.2 Å². The fourth-order valence-corrected chi connectivity index (χ4v) is 5.55. The van der Waals surface area contributed by atoms with Crippen LogP contribution in [0.3, 0.4) is 0 Å². The van der Waals surface area contributed by atoms with E-state index in [2.05, 4.69) is 83.1 Å². The van der Waals surface area contributed by atoms with Crippen molar-refractivity contribution in [3.05, 3.63) is 83.8 Å². The van der Waals surface area contributed by atoms with Crippen LogP contribution in [0, 0.1) is 0 Å². The Balaban J connectivity index is 1.39. The summed E-state index contributed by atoms with van der Waals surface area (Å²) >= 11 is 0. The van der Waals surface area contributed by atoms with Crippen LogP contribution < -0.4 is 10.6 Å². The van der Waals surface area contributed by atoms with Gasteiger partial charge in [0.05, 0.1) is 34.8 Å². The van der Waals surface area contributed by atoms with E-state index in [-0.39, 0.29) is 0 Å². The third-order valence-corrected chi connectivity index (χ3v) is 7.24. The van der Waals surface area contributed by atoms with E-state index in [9.17, 15) is 0 Å². The minimum atomic E-state index is 0.299. The highest BCUT2D eigenvalue weighted by atomic mass is 15.2. The molecule has 0 bridgehead atoms. The van der Waals surface area contributed by atoms with Crippen molar-refractivity contribution in [3.8, 4) is 0 Å². The van der Waals surface area contributed by atoms with Crippen molar-refractivity contribution in [2.24, 2.45) is 0 Å². The number of imidazole rings is 1. The highest BCUT2D eigenvalue weighted by Crippen LogP contribution is 2.37. The second-order valence-corrected chi connectivity index (χ2v) is 9.25. The molecule has 0 radical (unpaired) electrons. The number of fused-ring (bicyclic) bond motifs is 3. The summed E-state index contributed by atoms with van der Waals surface area (Å²) in [4.78, 5) is 7.16. The fourth-order valence-electron chi connectivity index (χ4n) is 5.55. The smallest absolute Gasteiger partial charge is 0.0963 e. The summed E-state index contributed by atoms with van der Waals surface area (Å²) in [5, 5.41) is 2.50.